The first-order valence-electron chi connectivity index (χ1n) is 5.64. The Kier molecular flexibility index (Phi) is 4.45. The molecule has 0 bridgehead atoms. The number of hydrogen-bond acceptors (Lipinski definition) is 3. The zero-order chi connectivity index (χ0) is 13.8. The normalized spacial score (nSPS) is 10.4. The Balaban J connectivity index is 2.12. The maximum atomic E-state index is 10.9. The van der Waals surface area contributed by atoms with Crippen molar-refractivity contribution in [1.29, 1.82) is 0 Å². The second-order valence-electron chi connectivity index (χ2n) is 4.06. The minimum atomic E-state index is -1.11. The number of pyridine rings is 1. The predicted molar refractivity (Wildman–Crippen MR) is 76.9 cm³/mol. The Morgan fingerprint density at radius 1 is 1.37 bits per heavy atom. The third-order valence-corrected chi connectivity index (χ3v) is 3.80. The topological polar surface area (TPSA) is 50.2 Å². The van der Waals surface area contributed by atoms with Crippen LogP contribution in [0.3, 0.4) is 0 Å². The number of aryl methyl sites for hydroxylation is 1. The molecule has 0 saturated carbocycles. The highest BCUT2D eigenvalue weighted by atomic mass is 35.5. The number of hydrogen-bond donors (Lipinski definition) is 1. The van der Waals surface area contributed by atoms with Gasteiger partial charge in [0, 0.05) is 5.75 Å². The van der Waals surface area contributed by atoms with Crippen LogP contribution in [0.4, 0.5) is 0 Å². The summed E-state index contributed by atoms with van der Waals surface area (Å²) in [7, 11) is 0. The highest BCUT2D eigenvalue weighted by molar-refractivity contribution is 7.98. The Morgan fingerprint density at radius 3 is 2.84 bits per heavy atom. The van der Waals surface area contributed by atoms with Crippen molar-refractivity contribution in [3.63, 3.8) is 0 Å². The number of thioether (sulfide) groups is 1. The number of carboxylic acid groups (broad SMARTS) is 1. The summed E-state index contributed by atoms with van der Waals surface area (Å²) in [6, 6.07) is 11.5. The van der Waals surface area contributed by atoms with E-state index in [0.29, 0.717) is 5.03 Å². The van der Waals surface area contributed by atoms with E-state index in [1.807, 2.05) is 25.1 Å². The minimum absolute atomic E-state index is 0.101. The van der Waals surface area contributed by atoms with Crippen LogP contribution in [-0.4, -0.2) is 16.1 Å². The van der Waals surface area contributed by atoms with E-state index in [2.05, 4.69) is 11.1 Å². The smallest absolute Gasteiger partial charge is 0.356 e. The molecule has 0 aliphatic heterocycles. The Bertz CT molecular complexity index is 616. The van der Waals surface area contributed by atoms with Gasteiger partial charge in [-0.1, -0.05) is 41.4 Å². The Morgan fingerprint density at radius 2 is 2.16 bits per heavy atom. The standard InChI is InChI=1S/C14H12ClNO2S/c1-9-3-2-4-10(7-9)8-19-12-6-5-11(15)13(16-12)14(17)18/h2-7H,8H2,1H3,(H,17,18). The fraction of sp³-hybridized carbons (Fsp3) is 0.143. The molecule has 1 aromatic carbocycles. The first-order valence-corrected chi connectivity index (χ1v) is 7.01. The largest absolute Gasteiger partial charge is 0.476 e. The van der Waals surface area contributed by atoms with Gasteiger partial charge in [0.15, 0.2) is 5.69 Å². The lowest BCUT2D eigenvalue weighted by atomic mass is 10.2. The molecule has 0 saturated heterocycles. The third-order valence-electron chi connectivity index (χ3n) is 2.49. The average Bonchev–Trinajstić information content (AvgIpc) is 2.37. The quantitative estimate of drug-likeness (QED) is 0.865. The summed E-state index contributed by atoms with van der Waals surface area (Å²) in [5.74, 6) is -0.363. The molecular weight excluding hydrogens is 282 g/mol. The van der Waals surface area contributed by atoms with Crippen LogP contribution in [0.1, 0.15) is 21.6 Å². The van der Waals surface area contributed by atoms with Gasteiger partial charge >= 0.3 is 5.97 Å². The van der Waals surface area contributed by atoms with Crippen molar-refractivity contribution >= 4 is 29.3 Å². The molecule has 1 N–H and O–H groups in total. The van der Waals surface area contributed by atoms with Gasteiger partial charge in [-0.25, -0.2) is 9.78 Å². The second-order valence-corrected chi connectivity index (χ2v) is 5.47. The van der Waals surface area contributed by atoms with Crippen molar-refractivity contribution in [2.75, 3.05) is 0 Å². The number of carbonyl (C=O) groups is 1. The van der Waals surface area contributed by atoms with Crippen LogP contribution < -0.4 is 0 Å². The van der Waals surface area contributed by atoms with Crippen LogP contribution >= 0.6 is 23.4 Å². The number of aromatic carboxylic acids is 1. The lowest BCUT2D eigenvalue weighted by Gasteiger charge is -2.04. The zero-order valence-corrected chi connectivity index (χ0v) is 11.8. The van der Waals surface area contributed by atoms with Gasteiger partial charge < -0.3 is 5.11 Å². The van der Waals surface area contributed by atoms with E-state index in [1.165, 1.54) is 22.9 Å². The van der Waals surface area contributed by atoms with Gasteiger partial charge in [-0.3, -0.25) is 0 Å². The molecular formula is C14H12ClNO2S. The number of carboxylic acids is 1. The predicted octanol–water partition coefficient (Wildman–Crippen LogP) is 4.03. The number of aromatic nitrogens is 1. The first kappa shape index (κ1) is 13.9. The van der Waals surface area contributed by atoms with Crippen LogP contribution in [-0.2, 0) is 5.75 Å². The Hall–Kier alpha value is -1.52. The summed E-state index contributed by atoms with van der Waals surface area (Å²) >= 11 is 7.27. The van der Waals surface area contributed by atoms with E-state index in [1.54, 1.807) is 12.1 Å². The fourth-order valence-electron chi connectivity index (χ4n) is 1.61. The minimum Gasteiger partial charge on any atom is -0.476 e. The fourth-order valence-corrected chi connectivity index (χ4v) is 2.61. The van der Waals surface area contributed by atoms with Gasteiger partial charge in [-0.05, 0) is 24.6 Å². The van der Waals surface area contributed by atoms with Gasteiger partial charge in [0.25, 0.3) is 0 Å². The highest BCUT2D eigenvalue weighted by Crippen LogP contribution is 2.24. The summed E-state index contributed by atoms with van der Waals surface area (Å²) in [5.41, 5.74) is 2.28. The van der Waals surface area contributed by atoms with Crippen LogP contribution in [0.15, 0.2) is 41.4 Å². The van der Waals surface area contributed by atoms with Crippen LogP contribution in [0.2, 0.25) is 5.02 Å². The summed E-state index contributed by atoms with van der Waals surface area (Å²) in [6.45, 7) is 2.04. The van der Waals surface area contributed by atoms with E-state index >= 15 is 0 Å². The molecule has 2 aromatic rings. The maximum absolute atomic E-state index is 10.9. The molecule has 0 atom stereocenters. The molecule has 0 amide bonds. The van der Waals surface area contributed by atoms with E-state index in [0.717, 1.165) is 5.75 Å². The lowest BCUT2D eigenvalue weighted by Crippen LogP contribution is -2.01. The molecule has 0 unspecified atom stereocenters. The molecule has 1 aromatic heterocycles. The summed E-state index contributed by atoms with van der Waals surface area (Å²) in [4.78, 5) is 15.0. The monoisotopic (exact) mass is 293 g/mol. The summed E-state index contributed by atoms with van der Waals surface area (Å²) < 4.78 is 0. The van der Waals surface area contributed by atoms with Crippen molar-refractivity contribution in [3.05, 3.63) is 58.2 Å². The first-order chi connectivity index (χ1) is 9.06. The van der Waals surface area contributed by atoms with Gasteiger partial charge in [-0.15, -0.1) is 11.8 Å². The van der Waals surface area contributed by atoms with Gasteiger partial charge in [0.05, 0.1) is 10.0 Å². The number of halogens is 1. The summed E-state index contributed by atoms with van der Waals surface area (Å²) in [6.07, 6.45) is 0. The molecule has 0 fully saturated rings. The van der Waals surface area contributed by atoms with Crippen molar-refractivity contribution in [3.8, 4) is 0 Å². The van der Waals surface area contributed by atoms with Crippen molar-refractivity contribution in [2.45, 2.75) is 17.7 Å². The number of nitrogens with zero attached hydrogens (tertiary/aromatic N) is 1. The highest BCUT2D eigenvalue weighted by Gasteiger charge is 2.11. The van der Waals surface area contributed by atoms with E-state index in [-0.39, 0.29) is 10.7 Å². The van der Waals surface area contributed by atoms with E-state index in [4.69, 9.17) is 16.7 Å². The molecule has 0 radical (unpaired) electrons. The van der Waals surface area contributed by atoms with Gasteiger partial charge in [-0.2, -0.15) is 0 Å². The van der Waals surface area contributed by atoms with Crippen molar-refractivity contribution < 1.29 is 9.90 Å². The van der Waals surface area contributed by atoms with Crippen molar-refractivity contribution in [2.24, 2.45) is 0 Å². The third kappa shape index (κ3) is 3.72. The van der Waals surface area contributed by atoms with E-state index < -0.39 is 5.97 Å². The molecule has 0 aliphatic rings. The van der Waals surface area contributed by atoms with E-state index in [9.17, 15) is 4.79 Å². The molecule has 5 heteroatoms. The summed E-state index contributed by atoms with van der Waals surface area (Å²) in [5, 5.41) is 9.77. The van der Waals surface area contributed by atoms with Crippen LogP contribution in [0.25, 0.3) is 0 Å². The van der Waals surface area contributed by atoms with Crippen LogP contribution in [0.5, 0.6) is 0 Å². The molecule has 2 rings (SSSR count). The molecule has 1 heterocycles. The molecule has 19 heavy (non-hydrogen) atoms. The SMILES string of the molecule is Cc1cccc(CSc2ccc(Cl)c(C(=O)O)n2)c1. The molecule has 0 spiro atoms. The maximum Gasteiger partial charge on any atom is 0.356 e. The lowest BCUT2D eigenvalue weighted by molar-refractivity contribution is 0.0690. The average molecular weight is 294 g/mol. The Labute approximate surface area is 120 Å². The zero-order valence-electron chi connectivity index (χ0n) is 10.3. The number of benzene rings is 1. The van der Waals surface area contributed by atoms with Crippen molar-refractivity contribution in [1.82, 2.24) is 4.98 Å². The van der Waals surface area contributed by atoms with Crippen LogP contribution in [0, 0.1) is 6.92 Å². The van der Waals surface area contributed by atoms with Gasteiger partial charge in [0.1, 0.15) is 0 Å². The number of rotatable bonds is 4. The van der Waals surface area contributed by atoms with Gasteiger partial charge in [0.2, 0.25) is 0 Å². The molecule has 0 aliphatic carbocycles. The second kappa shape index (κ2) is 6.08. The molecule has 98 valence electrons. The molecule has 3 nitrogen and oxygen atoms in total.